The van der Waals surface area contributed by atoms with Crippen LogP contribution in [-0.4, -0.2) is 23.8 Å². The zero-order chi connectivity index (χ0) is 17.7. The lowest BCUT2D eigenvalue weighted by molar-refractivity contribution is -0.123. The van der Waals surface area contributed by atoms with Gasteiger partial charge in [-0.2, -0.15) is 5.10 Å². The van der Waals surface area contributed by atoms with E-state index in [1.165, 1.54) is 18.3 Å². The Balaban J connectivity index is 1.93. The van der Waals surface area contributed by atoms with Crippen LogP contribution in [0.25, 0.3) is 0 Å². The minimum atomic E-state index is -0.431. The number of amides is 1. The van der Waals surface area contributed by atoms with E-state index in [0.29, 0.717) is 16.3 Å². The number of carbonyl (C=O) groups is 1. The number of carbonyl (C=O) groups excluding carboxylic acids is 1. The zero-order valence-electron chi connectivity index (χ0n) is 13.1. The topological polar surface area (TPSA) is 70.9 Å². The minimum Gasteiger partial charge on any atom is -0.506 e. The van der Waals surface area contributed by atoms with E-state index >= 15 is 0 Å². The summed E-state index contributed by atoms with van der Waals surface area (Å²) >= 11 is 11.6. The van der Waals surface area contributed by atoms with E-state index in [2.05, 4.69) is 10.5 Å². The van der Waals surface area contributed by atoms with Gasteiger partial charge in [0, 0.05) is 10.6 Å². The highest BCUT2D eigenvalue weighted by molar-refractivity contribution is 6.36. The van der Waals surface area contributed by atoms with Crippen molar-refractivity contribution in [3.05, 3.63) is 57.1 Å². The third-order valence-electron chi connectivity index (χ3n) is 3.15. The quantitative estimate of drug-likeness (QED) is 0.623. The molecule has 2 aromatic carbocycles. The van der Waals surface area contributed by atoms with E-state index in [0.717, 1.165) is 11.1 Å². The molecule has 0 aliphatic carbocycles. The summed E-state index contributed by atoms with van der Waals surface area (Å²) in [4.78, 5) is 11.8. The molecule has 2 rings (SSSR count). The fourth-order valence-corrected chi connectivity index (χ4v) is 2.41. The average Bonchev–Trinajstić information content (AvgIpc) is 2.52. The Morgan fingerprint density at radius 1 is 1.29 bits per heavy atom. The molecular weight excluding hydrogens is 351 g/mol. The number of halogens is 2. The zero-order valence-corrected chi connectivity index (χ0v) is 14.6. The monoisotopic (exact) mass is 366 g/mol. The van der Waals surface area contributed by atoms with Crippen molar-refractivity contribution < 1.29 is 14.6 Å². The van der Waals surface area contributed by atoms with Crippen molar-refractivity contribution in [2.75, 3.05) is 6.61 Å². The van der Waals surface area contributed by atoms with Crippen molar-refractivity contribution in [2.45, 2.75) is 13.8 Å². The molecule has 0 unspecified atom stereocenters. The Hall–Kier alpha value is -2.24. The maximum Gasteiger partial charge on any atom is 0.277 e. The normalized spacial score (nSPS) is 10.8. The van der Waals surface area contributed by atoms with Crippen molar-refractivity contribution in [1.82, 2.24) is 5.43 Å². The van der Waals surface area contributed by atoms with E-state index < -0.39 is 5.91 Å². The van der Waals surface area contributed by atoms with Crippen molar-refractivity contribution in [2.24, 2.45) is 5.10 Å². The Morgan fingerprint density at radius 2 is 2.04 bits per heavy atom. The van der Waals surface area contributed by atoms with Gasteiger partial charge in [-0.3, -0.25) is 4.79 Å². The van der Waals surface area contributed by atoms with Crippen LogP contribution in [0.2, 0.25) is 10.0 Å². The van der Waals surface area contributed by atoms with Gasteiger partial charge in [0.2, 0.25) is 0 Å². The lowest BCUT2D eigenvalue weighted by Gasteiger charge is -2.09. The molecule has 0 fully saturated rings. The number of aryl methyl sites for hydroxylation is 2. The average molecular weight is 367 g/mol. The van der Waals surface area contributed by atoms with Gasteiger partial charge < -0.3 is 9.84 Å². The predicted octanol–water partition coefficient (Wildman–Crippen LogP) is 3.84. The molecule has 2 aromatic rings. The Bertz CT molecular complexity index is 792. The fraction of sp³-hybridized carbons (Fsp3) is 0.176. The van der Waals surface area contributed by atoms with Crippen LogP contribution in [0.5, 0.6) is 11.5 Å². The maximum absolute atomic E-state index is 11.8. The van der Waals surface area contributed by atoms with Crippen LogP contribution >= 0.6 is 23.2 Å². The number of hydrogen-bond acceptors (Lipinski definition) is 4. The first kappa shape index (κ1) is 18.1. The predicted molar refractivity (Wildman–Crippen MR) is 95.3 cm³/mol. The summed E-state index contributed by atoms with van der Waals surface area (Å²) in [5, 5.41) is 14.0. The maximum atomic E-state index is 11.8. The Labute approximate surface area is 149 Å². The van der Waals surface area contributed by atoms with Gasteiger partial charge in [0.25, 0.3) is 5.91 Å². The number of ether oxygens (including phenoxy) is 1. The number of nitrogens with zero attached hydrogens (tertiary/aromatic N) is 1. The van der Waals surface area contributed by atoms with Gasteiger partial charge in [-0.25, -0.2) is 5.43 Å². The molecule has 5 nitrogen and oxygen atoms in total. The van der Waals surface area contributed by atoms with Crippen LogP contribution in [0, 0.1) is 13.8 Å². The van der Waals surface area contributed by atoms with Gasteiger partial charge in [0.05, 0.1) is 11.2 Å². The van der Waals surface area contributed by atoms with E-state index in [1.807, 2.05) is 32.0 Å². The molecule has 0 radical (unpaired) electrons. The highest BCUT2D eigenvalue weighted by Gasteiger charge is 2.07. The van der Waals surface area contributed by atoms with Gasteiger partial charge >= 0.3 is 0 Å². The van der Waals surface area contributed by atoms with Gasteiger partial charge in [-0.15, -0.1) is 0 Å². The molecule has 0 atom stereocenters. The lowest BCUT2D eigenvalue weighted by atomic mass is 10.1. The SMILES string of the molecule is Cc1ccc(C)c(OCC(=O)NN=Cc2cc(Cl)cc(Cl)c2O)c1. The Morgan fingerprint density at radius 3 is 2.79 bits per heavy atom. The number of phenolic OH excluding ortho intramolecular Hbond substituents is 1. The molecule has 0 saturated carbocycles. The molecule has 0 saturated heterocycles. The number of phenols is 1. The summed E-state index contributed by atoms with van der Waals surface area (Å²) in [6, 6.07) is 8.64. The van der Waals surface area contributed by atoms with Gasteiger partial charge in [-0.05, 0) is 43.2 Å². The van der Waals surface area contributed by atoms with E-state index in [-0.39, 0.29) is 17.4 Å². The number of rotatable bonds is 5. The molecule has 0 aliphatic heterocycles. The second kappa shape index (κ2) is 8.04. The van der Waals surface area contributed by atoms with Crippen molar-refractivity contribution in [1.29, 1.82) is 0 Å². The number of hydrogen-bond donors (Lipinski definition) is 2. The van der Waals surface area contributed by atoms with E-state index in [9.17, 15) is 9.90 Å². The third-order valence-corrected chi connectivity index (χ3v) is 3.66. The van der Waals surface area contributed by atoms with Crippen LogP contribution in [0.15, 0.2) is 35.4 Å². The summed E-state index contributed by atoms with van der Waals surface area (Å²) in [6.45, 7) is 3.67. The summed E-state index contributed by atoms with van der Waals surface area (Å²) in [7, 11) is 0. The summed E-state index contributed by atoms with van der Waals surface area (Å²) < 4.78 is 5.47. The number of aromatic hydroxyl groups is 1. The van der Waals surface area contributed by atoms with Crippen molar-refractivity contribution in [3.8, 4) is 11.5 Å². The lowest BCUT2D eigenvalue weighted by Crippen LogP contribution is -2.24. The molecule has 24 heavy (non-hydrogen) atoms. The van der Waals surface area contributed by atoms with Gasteiger partial charge in [0.1, 0.15) is 11.5 Å². The first-order valence-corrected chi connectivity index (χ1v) is 7.82. The summed E-state index contributed by atoms with van der Waals surface area (Å²) in [5.74, 6) is 0.0545. The second-order valence-corrected chi connectivity index (χ2v) is 6.02. The molecular formula is C17H16Cl2N2O3. The summed E-state index contributed by atoms with van der Waals surface area (Å²) in [6.07, 6.45) is 1.25. The van der Waals surface area contributed by atoms with Crippen LogP contribution in [-0.2, 0) is 4.79 Å². The smallest absolute Gasteiger partial charge is 0.277 e. The molecule has 1 amide bonds. The largest absolute Gasteiger partial charge is 0.506 e. The molecule has 0 aliphatic rings. The molecule has 0 bridgehead atoms. The van der Waals surface area contributed by atoms with Crippen LogP contribution in [0.4, 0.5) is 0 Å². The van der Waals surface area contributed by atoms with Gasteiger partial charge in [-0.1, -0.05) is 35.3 Å². The van der Waals surface area contributed by atoms with Crippen molar-refractivity contribution >= 4 is 35.3 Å². The third kappa shape index (κ3) is 4.88. The second-order valence-electron chi connectivity index (χ2n) is 5.18. The minimum absolute atomic E-state index is 0.105. The number of nitrogens with one attached hydrogen (secondary N) is 1. The highest BCUT2D eigenvalue weighted by Crippen LogP contribution is 2.29. The van der Waals surface area contributed by atoms with E-state index in [4.69, 9.17) is 27.9 Å². The Kier molecular flexibility index (Phi) is 6.06. The van der Waals surface area contributed by atoms with Crippen LogP contribution < -0.4 is 10.2 Å². The highest BCUT2D eigenvalue weighted by atomic mass is 35.5. The van der Waals surface area contributed by atoms with Crippen molar-refractivity contribution in [3.63, 3.8) is 0 Å². The first-order chi connectivity index (χ1) is 11.4. The van der Waals surface area contributed by atoms with Crippen LogP contribution in [0.3, 0.4) is 0 Å². The molecule has 126 valence electrons. The van der Waals surface area contributed by atoms with Gasteiger partial charge in [0.15, 0.2) is 6.61 Å². The standard InChI is InChI=1S/C17H16Cl2N2O3/c1-10-3-4-11(2)15(5-10)24-9-16(22)21-20-8-12-6-13(18)7-14(19)17(12)23/h3-8,23H,9H2,1-2H3,(H,21,22). The summed E-state index contributed by atoms with van der Waals surface area (Å²) in [5.41, 5.74) is 4.59. The molecule has 0 spiro atoms. The molecule has 0 heterocycles. The van der Waals surface area contributed by atoms with Crippen LogP contribution in [0.1, 0.15) is 16.7 Å². The van der Waals surface area contributed by atoms with E-state index in [1.54, 1.807) is 0 Å². The molecule has 0 aromatic heterocycles. The first-order valence-electron chi connectivity index (χ1n) is 7.07. The fourth-order valence-electron chi connectivity index (χ4n) is 1.90. The number of hydrazone groups is 1. The molecule has 2 N–H and O–H groups in total. The number of benzene rings is 2. The molecule has 7 heteroatoms.